The molecule has 1 aliphatic heterocycles. The third-order valence-electron chi connectivity index (χ3n) is 10.3. The Morgan fingerprint density at radius 2 is 1.62 bits per heavy atom. The Morgan fingerprint density at radius 1 is 0.933 bits per heavy atom. The van der Waals surface area contributed by atoms with E-state index in [-0.39, 0.29) is 52.2 Å². The maximum Gasteiger partial charge on any atom is 0.252 e. The quantitative estimate of drug-likeness (QED) is 0.0912. The van der Waals surface area contributed by atoms with E-state index in [9.17, 15) is 24.0 Å². The third kappa shape index (κ3) is 12.0. The molecule has 3 aromatic carbocycles. The van der Waals surface area contributed by atoms with Crippen LogP contribution in [0.3, 0.4) is 0 Å². The minimum Gasteiger partial charge on any atom is -0.492 e. The number of fused-ring (bicyclic) bond motifs is 5. The summed E-state index contributed by atoms with van der Waals surface area (Å²) in [6.07, 6.45) is 3.38. The Kier molecular flexibility index (Phi) is 17.8. The number of hydrogen-bond donors (Lipinski definition) is 7. The number of ether oxygens (including phenoxy) is 2. The zero-order chi connectivity index (χ0) is 43.8. The van der Waals surface area contributed by atoms with E-state index in [1.54, 1.807) is 42.5 Å². The van der Waals surface area contributed by atoms with Gasteiger partial charge in [-0.25, -0.2) is 0 Å². The molecule has 322 valence electrons. The van der Waals surface area contributed by atoms with Gasteiger partial charge in [0.1, 0.15) is 55.4 Å². The van der Waals surface area contributed by atoms with Crippen molar-refractivity contribution in [1.29, 1.82) is 5.26 Å². The molecule has 0 saturated heterocycles. The molecule has 16 heteroatoms. The normalized spacial score (nSPS) is 16.9. The number of nitrogens with two attached hydrogens (primary N) is 3. The molecule has 5 amide bonds. The zero-order valence-electron chi connectivity index (χ0n) is 35.0. The van der Waals surface area contributed by atoms with Crippen LogP contribution in [-0.2, 0) is 32.0 Å². The second-order valence-corrected chi connectivity index (χ2v) is 14.7. The first kappa shape index (κ1) is 46.7. The van der Waals surface area contributed by atoms with Crippen LogP contribution in [0.1, 0.15) is 78.2 Å². The lowest BCUT2D eigenvalue weighted by Gasteiger charge is -2.33. The molecule has 0 fully saturated rings. The van der Waals surface area contributed by atoms with Gasteiger partial charge in [-0.05, 0) is 98.7 Å². The summed E-state index contributed by atoms with van der Waals surface area (Å²) in [7, 11) is 1.46. The zero-order valence-corrected chi connectivity index (χ0v) is 35.0. The lowest BCUT2D eigenvalue weighted by Crippen LogP contribution is -2.56. The average Bonchev–Trinajstić information content (AvgIpc) is 3.24. The van der Waals surface area contributed by atoms with Crippen molar-refractivity contribution in [3.8, 4) is 28.7 Å². The molecular formula is C44H59N9O7. The first-order chi connectivity index (χ1) is 28.9. The lowest BCUT2D eigenvalue weighted by molar-refractivity contribution is -0.141. The number of nitrogens with one attached hydrogen (secondary N) is 4. The maximum absolute atomic E-state index is 14.7. The number of amides is 5. The van der Waals surface area contributed by atoms with Crippen LogP contribution in [0.25, 0.3) is 11.1 Å². The van der Waals surface area contributed by atoms with Gasteiger partial charge in [-0.1, -0.05) is 37.6 Å². The highest BCUT2D eigenvalue weighted by Crippen LogP contribution is 2.40. The molecule has 0 aromatic heterocycles. The van der Waals surface area contributed by atoms with E-state index in [4.69, 9.17) is 31.9 Å². The van der Waals surface area contributed by atoms with Gasteiger partial charge in [0, 0.05) is 43.2 Å². The van der Waals surface area contributed by atoms with Crippen molar-refractivity contribution in [2.75, 3.05) is 46.4 Å². The van der Waals surface area contributed by atoms with Crippen LogP contribution in [0.15, 0.2) is 54.6 Å². The van der Waals surface area contributed by atoms with Gasteiger partial charge >= 0.3 is 0 Å². The summed E-state index contributed by atoms with van der Waals surface area (Å²) in [6, 6.07) is 13.0. The molecule has 16 nitrogen and oxygen atoms in total. The Morgan fingerprint density at radius 3 is 2.27 bits per heavy atom. The van der Waals surface area contributed by atoms with E-state index in [1.807, 2.05) is 25.1 Å². The first-order valence-corrected chi connectivity index (χ1v) is 20.4. The van der Waals surface area contributed by atoms with Crippen molar-refractivity contribution in [2.45, 2.75) is 83.5 Å². The Bertz CT molecular complexity index is 2030. The summed E-state index contributed by atoms with van der Waals surface area (Å²) >= 11 is 0. The van der Waals surface area contributed by atoms with Gasteiger partial charge in [-0.3, -0.25) is 24.0 Å². The van der Waals surface area contributed by atoms with Crippen molar-refractivity contribution in [3.63, 3.8) is 0 Å². The van der Waals surface area contributed by atoms with Gasteiger partial charge in [-0.2, -0.15) is 5.26 Å². The van der Waals surface area contributed by atoms with Crippen molar-refractivity contribution in [3.05, 3.63) is 82.4 Å². The van der Waals surface area contributed by atoms with E-state index in [0.717, 1.165) is 30.4 Å². The summed E-state index contributed by atoms with van der Waals surface area (Å²) in [4.78, 5) is 71.3. The van der Waals surface area contributed by atoms with Crippen LogP contribution in [0, 0.1) is 18.3 Å². The Hall–Kier alpha value is -6.02. The van der Waals surface area contributed by atoms with Gasteiger partial charge in [0.15, 0.2) is 0 Å². The van der Waals surface area contributed by atoms with Gasteiger partial charge in [0.25, 0.3) is 5.91 Å². The van der Waals surface area contributed by atoms with Gasteiger partial charge in [0.05, 0.1) is 6.07 Å². The number of hydrogen-bond acceptors (Lipinski definition) is 11. The molecule has 10 N–H and O–H groups in total. The van der Waals surface area contributed by atoms with E-state index in [0.29, 0.717) is 45.7 Å². The van der Waals surface area contributed by atoms with Crippen LogP contribution in [0.4, 0.5) is 0 Å². The predicted molar refractivity (Wildman–Crippen MR) is 228 cm³/mol. The molecule has 0 saturated carbocycles. The Labute approximate surface area is 351 Å². The van der Waals surface area contributed by atoms with Crippen LogP contribution in [0.5, 0.6) is 11.5 Å². The van der Waals surface area contributed by atoms with Crippen molar-refractivity contribution >= 4 is 29.5 Å². The fourth-order valence-electron chi connectivity index (χ4n) is 7.09. The second-order valence-electron chi connectivity index (χ2n) is 14.7. The molecule has 1 aliphatic rings. The summed E-state index contributed by atoms with van der Waals surface area (Å²) in [5.41, 5.74) is 21.8. The van der Waals surface area contributed by atoms with Crippen LogP contribution in [0.2, 0.25) is 0 Å². The highest BCUT2D eigenvalue weighted by molar-refractivity contribution is 6.00. The smallest absolute Gasteiger partial charge is 0.252 e. The lowest BCUT2D eigenvalue weighted by atomic mass is 9.93. The number of unbranched alkanes of at least 4 members (excludes halogenated alkanes) is 1. The fourth-order valence-corrected chi connectivity index (χ4v) is 7.09. The minimum absolute atomic E-state index is 0.0187. The highest BCUT2D eigenvalue weighted by Gasteiger charge is 2.36. The molecule has 0 radical (unpaired) electrons. The average molecular weight is 826 g/mol. The maximum atomic E-state index is 14.7. The molecule has 3 aromatic rings. The van der Waals surface area contributed by atoms with Gasteiger partial charge in [0.2, 0.25) is 23.6 Å². The number of nitrogens with zero attached hydrogens (tertiary/aromatic N) is 2. The number of likely N-dealkylation sites (N-methyl/N-ethyl adjacent to an activating group) is 1. The SMILES string of the molecule is CCCCc1cccc(C(=O)N[C@@H](CCCN)C(=O)N(C)[C@@H]2C(=O)N[C@@H](C)C(=O)N[C@H](C(=O)NCC#N)Cc3ccc(OCCN)c(c3)-c3cc2ccc3OCCN)c1C. The number of carbonyl (C=O) groups excluding carboxylic acids is 5. The van der Waals surface area contributed by atoms with Crippen molar-refractivity contribution in [2.24, 2.45) is 17.2 Å². The molecule has 4 atom stereocenters. The Balaban J connectivity index is 1.87. The van der Waals surface area contributed by atoms with Crippen LogP contribution in [-0.4, -0.2) is 99.0 Å². The molecular weight excluding hydrogens is 767 g/mol. The molecule has 0 aliphatic carbocycles. The monoisotopic (exact) mass is 825 g/mol. The van der Waals surface area contributed by atoms with Crippen LogP contribution >= 0.6 is 0 Å². The second kappa shape index (κ2) is 22.9. The van der Waals surface area contributed by atoms with Crippen LogP contribution < -0.4 is 47.9 Å². The number of aryl methyl sites for hydroxylation is 1. The predicted octanol–water partition coefficient (Wildman–Crippen LogP) is 1.90. The molecule has 4 bridgehead atoms. The van der Waals surface area contributed by atoms with E-state index >= 15 is 0 Å². The fraction of sp³-hybridized carbons (Fsp3) is 0.455. The third-order valence-corrected chi connectivity index (χ3v) is 10.3. The van der Waals surface area contributed by atoms with Crippen molar-refractivity contribution in [1.82, 2.24) is 26.2 Å². The summed E-state index contributed by atoms with van der Waals surface area (Å²) in [6.45, 7) is 6.15. The molecule has 4 rings (SSSR count). The van der Waals surface area contributed by atoms with E-state index < -0.39 is 53.7 Å². The topological polar surface area (TPSA) is 257 Å². The minimum atomic E-state index is -1.35. The summed E-state index contributed by atoms with van der Waals surface area (Å²) < 4.78 is 12.2. The van der Waals surface area contributed by atoms with Gasteiger partial charge in [-0.15, -0.1) is 0 Å². The van der Waals surface area contributed by atoms with E-state index in [2.05, 4.69) is 28.2 Å². The number of carbonyl (C=O) groups is 5. The highest BCUT2D eigenvalue weighted by atomic mass is 16.5. The number of rotatable bonds is 18. The molecule has 1 heterocycles. The summed E-state index contributed by atoms with van der Waals surface area (Å²) in [5.74, 6) is -2.18. The first-order valence-electron chi connectivity index (χ1n) is 20.4. The molecule has 0 spiro atoms. The number of nitriles is 1. The molecule has 60 heavy (non-hydrogen) atoms. The van der Waals surface area contributed by atoms with E-state index in [1.165, 1.54) is 18.9 Å². The largest absolute Gasteiger partial charge is 0.492 e. The van der Waals surface area contributed by atoms with Gasteiger partial charge < -0.3 is 52.8 Å². The standard InChI is InChI=1S/C44H59N9O7/c1-5-6-9-30-10-7-11-32(27(30)2)41(55)51-35(12-8-17-45)44(58)53(4)39-31-14-16-38(60-23-20-48)34(26-31)33-24-29(13-15-37(33)59-22-19-47)25-36(42(56)49-21-18-46)52-40(54)28(3)50-43(39)57/h7,10-11,13-16,24,26,28,35-36,39H,5-6,8-9,12,17,19-23,25,45,47-48H2,1-4H3,(H,49,56)(H,50,57)(H,51,55)(H,52,54)/t28-,35-,36-,39-/m0/s1. The number of benzene rings is 3. The summed E-state index contributed by atoms with van der Waals surface area (Å²) in [5, 5.41) is 20.0. The van der Waals surface area contributed by atoms with Crippen molar-refractivity contribution < 1.29 is 33.4 Å². The molecule has 0 unspecified atom stereocenters.